The zero-order chi connectivity index (χ0) is 18.6. The fraction of sp³-hybridized carbons (Fsp3) is 0.263. The van der Waals surface area contributed by atoms with E-state index in [-0.39, 0.29) is 16.3 Å². The Labute approximate surface area is 151 Å². The molecule has 0 aliphatic heterocycles. The Morgan fingerprint density at radius 1 is 1.44 bits per heavy atom. The summed E-state index contributed by atoms with van der Waals surface area (Å²) in [5.41, 5.74) is 2.67. The summed E-state index contributed by atoms with van der Waals surface area (Å²) >= 11 is 5.70. The molecular formula is C19H19ClFN3O. The van der Waals surface area contributed by atoms with Gasteiger partial charge in [-0.2, -0.15) is 5.26 Å². The van der Waals surface area contributed by atoms with Gasteiger partial charge in [-0.05, 0) is 50.1 Å². The first-order valence-electron chi connectivity index (χ1n) is 7.92. The maximum absolute atomic E-state index is 13.9. The molecular weight excluding hydrogens is 341 g/mol. The van der Waals surface area contributed by atoms with E-state index in [4.69, 9.17) is 11.6 Å². The van der Waals surface area contributed by atoms with Crippen molar-refractivity contribution in [1.29, 1.82) is 5.26 Å². The molecule has 2 aromatic rings. The number of carbonyl (C=O) groups is 1. The van der Waals surface area contributed by atoms with Crippen LogP contribution >= 0.6 is 11.6 Å². The summed E-state index contributed by atoms with van der Waals surface area (Å²) in [5, 5.41) is 11.6. The lowest BCUT2D eigenvalue weighted by atomic mass is 10.1. The van der Waals surface area contributed by atoms with Gasteiger partial charge >= 0.3 is 0 Å². The highest BCUT2D eigenvalue weighted by atomic mass is 35.5. The van der Waals surface area contributed by atoms with Gasteiger partial charge in [0.1, 0.15) is 11.6 Å². The second-order valence-electron chi connectivity index (χ2n) is 5.70. The van der Waals surface area contributed by atoms with Crippen LogP contribution in [0.5, 0.6) is 0 Å². The molecule has 1 N–H and O–H groups in total. The average Bonchev–Trinajstić information content (AvgIpc) is 2.84. The molecule has 0 spiro atoms. The molecule has 0 atom stereocenters. The summed E-state index contributed by atoms with van der Waals surface area (Å²) in [4.78, 5) is 12.3. The number of benzene rings is 1. The minimum Gasteiger partial charge on any atom is -0.349 e. The third-order valence-electron chi connectivity index (χ3n) is 3.92. The number of hydrogen-bond donors (Lipinski definition) is 1. The van der Waals surface area contributed by atoms with Gasteiger partial charge in [0, 0.05) is 17.9 Å². The quantitative estimate of drug-likeness (QED) is 0.612. The summed E-state index contributed by atoms with van der Waals surface area (Å²) in [7, 11) is 0. The molecule has 1 amide bonds. The summed E-state index contributed by atoms with van der Waals surface area (Å²) < 4.78 is 16.0. The van der Waals surface area contributed by atoms with Gasteiger partial charge in [0.2, 0.25) is 0 Å². The molecule has 0 radical (unpaired) electrons. The van der Waals surface area contributed by atoms with E-state index in [0.717, 1.165) is 29.9 Å². The first kappa shape index (κ1) is 18.8. The number of rotatable bonds is 5. The van der Waals surface area contributed by atoms with Gasteiger partial charge in [-0.15, -0.1) is 0 Å². The van der Waals surface area contributed by atoms with E-state index in [1.807, 2.05) is 26.0 Å². The molecule has 0 saturated heterocycles. The van der Waals surface area contributed by atoms with Crippen molar-refractivity contribution in [3.8, 4) is 6.07 Å². The highest BCUT2D eigenvalue weighted by molar-refractivity contribution is 6.31. The largest absolute Gasteiger partial charge is 0.349 e. The van der Waals surface area contributed by atoms with Crippen LogP contribution in [0.2, 0.25) is 5.02 Å². The summed E-state index contributed by atoms with van der Waals surface area (Å²) in [6.45, 7) is 6.88. The Morgan fingerprint density at radius 3 is 2.80 bits per heavy atom. The summed E-state index contributed by atoms with van der Waals surface area (Å²) in [6.07, 6.45) is 2.51. The minimum atomic E-state index is -0.726. The van der Waals surface area contributed by atoms with Gasteiger partial charge in [0.25, 0.3) is 5.91 Å². The molecule has 1 aromatic carbocycles. The number of hydrogen-bond acceptors (Lipinski definition) is 2. The number of nitrogens with one attached hydrogen (secondary N) is 1. The van der Waals surface area contributed by atoms with Crippen LogP contribution in [0.3, 0.4) is 0 Å². The molecule has 0 saturated carbocycles. The monoisotopic (exact) mass is 359 g/mol. The number of nitriles is 1. The Kier molecular flexibility index (Phi) is 6.00. The second kappa shape index (κ2) is 8.00. The topological polar surface area (TPSA) is 57.8 Å². The number of amides is 1. The van der Waals surface area contributed by atoms with Crippen molar-refractivity contribution < 1.29 is 9.18 Å². The van der Waals surface area contributed by atoms with Crippen LogP contribution in [-0.4, -0.2) is 10.5 Å². The van der Waals surface area contributed by atoms with Crippen LogP contribution in [0.15, 0.2) is 29.8 Å². The molecule has 0 aliphatic carbocycles. The van der Waals surface area contributed by atoms with Crippen molar-refractivity contribution >= 4 is 29.3 Å². The van der Waals surface area contributed by atoms with E-state index in [1.54, 1.807) is 0 Å². The van der Waals surface area contributed by atoms with E-state index < -0.39 is 11.7 Å². The molecule has 1 heterocycles. The van der Waals surface area contributed by atoms with Gasteiger partial charge < -0.3 is 9.88 Å². The number of nitrogens with zero attached hydrogens (tertiary/aromatic N) is 2. The number of carbonyl (C=O) groups excluding carboxylic acids is 1. The molecule has 0 bridgehead atoms. The van der Waals surface area contributed by atoms with Crippen molar-refractivity contribution in [2.24, 2.45) is 0 Å². The van der Waals surface area contributed by atoms with Crippen molar-refractivity contribution in [3.05, 3.63) is 57.6 Å². The van der Waals surface area contributed by atoms with Gasteiger partial charge in [-0.25, -0.2) is 4.39 Å². The summed E-state index contributed by atoms with van der Waals surface area (Å²) in [6, 6.07) is 8.10. The van der Waals surface area contributed by atoms with E-state index in [9.17, 15) is 14.4 Å². The lowest BCUT2D eigenvalue weighted by Gasteiger charge is -2.08. The Balaban J connectivity index is 2.32. The third kappa shape index (κ3) is 4.09. The number of anilines is 1. The first-order valence-corrected chi connectivity index (χ1v) is 8.30. The molecule has 6 heteroatoms. The molecule has 0 unspecified atom stereocenters. The molecule has 130 valence electrons. The van der Waals surface area contributed by atoms with Crippen molar-refractivity contribution in [2.75, 3.05) is 5.32 Å². The molecule has 4 nitrogen and oxygen atoms in total. The van der Waals surface area contributed by atoms with Gasteiger partial charge in [-0.3, -0.25) is 4.79 Å². The normalized spacial score (nSPS) is 11.3. The Morgan fingerprint density at radius 2 is 2.16 bits per heavy atom. The Bertz CT molecular complexity index is 878. The number of halogens is 2. The fourth-order valence-electron chi connectivity index (χ4n) is 2.64. The van der Waals surface area contributed by atoms with Crippen molar-refractivity contribution in [1.82, 2.24) is 4.57 Å². The molecule has 1 aromatic heterocycles. The van der Waals surface area contributed by atoms with Crippen LogP contribution in [0.25, 0.3) is 6.08 Å². The molecule has 0 fully saturated rings. The van der Waals surface area contributed by atoms with Crippen molar-refractivity contribution in [2.45, 2.75) is 33.7 Å². The van der Waals surface area contributed by atoms with E-state index in [1.165, 1.54) is 24.3 Å². The first-order chi connectivity index (χ1) is 11.9. The number of aryl methyl sites for hydroxylation is 1. The zero-order valence-electron chi connectivity index (χ0n) is 14.4. The standard InChI is InChI=1S/C19H19ClFN3O/c1-4-8-24-12(2)9-14(13(24)3)10-15(11-22)19(25)23-17-7-5-6-16(20)18(17)21/h5-7,9-10H,4,8H2,1-3H3,(H,23,25)/b15-10+. The zero-order valence-corrected chi connectivity index (χ0v) is 15.1. The third-order valence-corrected chi connectivity index (χ3v) is 4.22. The van der Waals surface area contributed by atoms with Crippen LogP contribution < -0.4 is 5.32 Å². The smallest absolute Gasteiger partial charge is 0.266 e. The minimum absolute atomic E-state index is 0.0601. The SMILES string of the molecule is CCCn1c(C)cc(/C=C(\C#N)C(=O)Nc2cccc(Cl)c2F)c1C. The maximum Gasteiger partial charge on any atom is 0.266 e. The fourth-order valence-corrected chi connectivity index (χ4v) is 2.81. The van der Waals surface area contributed by atoms with Gasteiger partial charge in [0.15, 0.2) is 5.82 Å². The van der Waals surface area contributed by atoms with Crippen molar-refractivity contribution in [3.63, 3.8) is 0 Å². The predicted octanol–water partition coefficient (Wildman–Crippen LogP) is 4.85. The maximum atomic E-state index is 13.9. The van der Waals surface area contributed by atoms with Crippen LogP contribution in [0.1, 0.15) is 30.3 Å². The van der Waals surface area contributed by atoms with Crippen LogP contribution in [-0.2, 0) is 11.3 Å². The second-order valence-corrected chi connectivity index (χ2v) is 6.11. The highest BCUT2D eigenvalue weighted by Gasteiger charge is 2.15. The van der Waals surface area contributed by atoms with Crippen LogP contribution in [0.4, 0.5) is 10.1 Å². The summed E-state index contributed by atoms with van der Waals surface area (Å²) in [5.74, 6) is -1.40. The van der Waals surface area contributed by atoms with Gasteiger partial charge in [0.05, 0.1) is 10.7 Å². The molecule has 25 heavy (non-hydrogen) atoms. The lowest BCUT2D eigenvalue weighted by molar-refractivity contribution is -0.112. The average molecular weight is 360 g/mol. The lowest BCUT2D eigenvalue weighted by Crippen LogP contribution is -2.14. The number of aromatic nitrogens is 1. The van der Waals surface area contributed by atoms with E-state index in [0.29, 0.717) is 0 Å². The van der Waals surface area contributed by atoms with E-state index in [2.05, 4.69) is 16.8 Å². The Hall–Kier alpha value is -2.58. The van der Waals surface area contributed by atoms with E-state index >= 15 is 0 Å². The predicted molar refractivity (Wildman–Crippen MR) is 97.8 cm³/mol. The molecule has 2 rings (SSSR count). The highest BCUT2D eigenvalue weighted by Crippen LogP contribution is 2.23. The van der Waals surface area contributed by atoms with Gasteiger partial charge in [-0.1, -0.05) is 24.6 Å². The van der Waals surface area contributed by atoms with Crippen LogP contribution in [0, 0.1) is 31.0 Å². The molecule has 0 aliphatic rings.